The number of rotatable bonds is 1. The number of alkyl halides is 3. The number of benzene rings is 1. The lowest BCUT2D eigenvalue weighted by atomic mass is 10.1. The zero-order valence-electron chi connectivity index (χ0n) is 8.66. The number of carbonyl (C=O) groups excluding carboxylic acids is 1. The maximum atomic E-state index is 12.1. The normalized spacial score (nSPS) is 23.3. The summed E-state index contributed by atoms with van der Waals surface area (Å²) in [5.41, 5.74) is 1.30. The Hall–Kier alpha value is -1.56. The molecular formula is C11H10F3NO2. The average molecular weight is 245 g/mol. The molecule has 1 aromatic rings. The van der Waals surface area contributed by atoms with Crippen LogP contribution in [0.15, 0.2) is 24.3 Å². The molecule has 2 unspecified atom stereocenters. The van der Waals surface area contributed by atoms with Crippen LogP contribution in [-0.2, 0) is 11.2 Å². The van der Waals surface area contributed by atoms with Gasteiger partial charge >= 0.3 is 12.1 Å². The van der Waals surface area contributed by atoms with Crippen LogP contribution in [-0.4, -0.2) is 23.3 Å². The van der Waals surface area contributed by atoms with Crippen molar-refractivity contribution in [3.63, 3.8) is 0 Å². The van der Waals surface area contributed by atoms with Gasteiger partial charge in [0, 0.05) is 6.42 Å². The van der Waals surface area contributed by atoms with E-state index >= 15 is 0 Å². The van der Waals surface area contributed by atoms with Crippen molar-refractivity contribution in [3.05, 3.63) is 35.4 Å². The van der Waals surface area contributed by atoms with Gasteiger partial charge in [0.05, 0.1) is 12.1 Å². The number of hydrogen-bond acceptors (Lipinski definition) is 2. The van der Waals surface area contributed by atoms with Gasteiger partial charge in [-0.25, -0.2) is 0 Å². The van der Waals surface area contributed by atoms with Crippen LogP contribution in [0.1, 0.15) is 17.2 Å². The number of carbonyl (C=O) groups is 1. The third-order valence-electron chi connectivity index (χ3n) is 2.75. The van der Waals surface area contributed by atoms with Crippen molar-refractivity contribution in [2.75, 3.05) is 0 Å². The summed E-state index contributed by atoms with van der Waals surface area (Å²) >= 11 is 0. The number of aliphatic hydroxyl groups excluding tert-OH is 1. The molecule has 2 atom stereocenters. The number of nitrogens with one attached hydrogen (secondary N) is 1. The van der Waals surface area contributed by atoms with E-state index in [4.69, 9.17) is 0 Å². The molecule has 1 amide bonds. The predicted octanol–water partition coefficient (Wildman–Crippen LogP) is 1.32. The first kappa shape index (κ1) is 11.9. The Morgan fingerprint density at radius 3 is 2.65 bits per heavy atom. The molecule has 0 aromatic heterocycles. The second-order valence-electron chi connectivity index (χ2n) is 3.92. The summed E-state index contributed by atoms with van der Waals surface area (Å²) in [7, 11) is 0. The lowest BCUT2D eigenvalue weighted by molar-refractivity contribution is -0.175. The van der Waals surface area contributed by atoms with E-state index < -0.39 is 24.2 Å². The first-order chi connectivity index (χ1) is 7.89. The number of amides is 1. The van der Waals surface area contributed by atoms with E-state index in [0.717, 1.165) is 5.56 Å². The highest BCUT2D eigenvalue weighted by Gasteiger charge is 2.42. The lowest BCUT2D eigenvalue weighted by Gasteiger charge is -2.18. The number of aliphatic hydroxyl groups is 1. The largest absolute Gasteiger partial charge is 0.471 e. The molecule has 2 rings (SSSR count). The van der Waals surface area contributed by atoms with E-state index in [1.54, 1.807) is 24.3 Å². The fourth-order valence-corrected chi connectivity index (χ4v) is 1.97. The van der Waals surface area contributed by atoms with Gasteiger partial charge in [-0.1, -0.05) is 24.3 Å². The van der Waals surface area contributed by atoms with Gasteiger partial charge in [-0.05, 0) is 11.1 Å². The van der Waals surface area contributed by atoms with Gasteiger partial charge in [0.25, 0.3) is 0 Å². The van der Waals surface area contributed by atoms with Crippen molar-refractivity contribution < 1.29 is 23.1 Å². The summed E-state index contributed by atoms with van der Waals surface area (Å²) in [5, 5.41) is 11.5. The highest BCUT2D eigenvalue weighted by molar-refractivity contribution is 5.82. The maximum Gasteiger partial charge on any atom is 0.471 e. The number of hydrogen-bond donors (Lipinski definition) is 2. The summed E-state index contributed by atoms with van der Waals surface area (Å²) in [5.74, 6) is -2.03. The fraction of sp³-hybridized carbons (Fsp3) is 0.364. The van der Waals surface area contributed by atoms with Crippen LogP contribution < -0.4 is 5.32 Å². The minimum Gasteiger partial charge on any atom is -0.390 e. The van der Waals surface area contributed by atoms with Crippen molar-refractivity contribution >= 4 is 5.91 Å². The van der Waals surface area contributed by atoms with Gasteiger partial charge in [0.15, 0.2) is 0 Å². The maximum absolute atomic E-state index is 12.1. The average Bonchev–Trinajstić information content (AvgIpc) is 2.54. The van der Waals surface area contributed by atoms with E-state index in [1.165, 1.54) is 0 Å². The van der Waals surface area contributed by atoms with E-state index in [9.17, 15) is 23.1 Å². The van der Waals surface area contributed by atoms with Gasteiger partial charge in [0.2, 0.25) is 0 Å². The molecule has 0 saturated heterocycles. The molecule has 1 aliphatic carbocycles. The molecule has 0 heterocycles. The Balaban J connectivity index is 2.20. The molecular weight excluding hydrogens is 235 g/mol. The summed E-state index contributed by atoms with van der Waals surface area (Å²) in [6, 6.07) is 5.73. The van der Waals surface area contributed by atoms with Crippen molar-refractivity contribution in [3.8, 4) is 0 Å². The lowest BCUT2D eigenvalue weighted by Crippen LogP contribution is -2.41. The van der Waals surface area contributed by atoms with Gasteiger partial charge in [-0.3, -0.25) is 4.79 Å². The monoisotopic (exact) mass is 245 g/mol. The van der Waals surface area contributed by atoms with Crippen molar-refractivity contribution in [1.82, 2.24) is 5.32 Å². The Bertz CT molecular complexity index is 445. The second-order valence-corrected chi connectivity index (χ2v) is 3.92. The molecule has 1 aliphatic rings. The smallest absolute Gasteiger partial charge is 0.390 e. The molecule has 0 radical (unpaired) electrons. The predicted molar refractivity (Wildman–Crippen MR) is 53.1 cm³/mol. The molecule has 1 aromatic carbocycles. The molecule has 0 saturated carbocycles. The molecule has 3 nitrogen and oxygen atoms in total. The van der Waals surface area contributed by atoms with E-state index in [-0.39, 0.29) is 6.42 Å². The number of fused-ring (bicyclic) bond motifs is 1. The molecule has 0 aliphatic heterocycles. The zero-order chi connectivity index (χ0) is 12.6. The Labute approximate surface area is 95.3 Å². The summed E-state index contributed by atoms with van der Waals surface area (Å²) in [4.78, 5) is 10.8. The van der Waals surface area contributed by atoms with Crippen molar-refractivity contribution in [2.45, 2.75) is 24.7 Å². The molecule has 0 fully saturated rings. The minimum atomic E-state index is -4.93. The highest BCUT2D eigenvalue weighted by Crippen LogP contribution is 2.32. The van der Waals surface area contributed by atoms with Crippen LogP contribution in [0.3, 0.4) is 0 Å². The summed E-state index contributed by atoms with van der Waals surface area (Å²) in [6.07, 6.45) is -5.70. The van der Waals surface area contributed by atoms with E-state index in [1.807, 2.05) is 5.32 Å². The molecule has 17 heavy (non-hydrogen) atoms. The quantitative estimate of drug-likeness (QED) is 0.784. The van der Waals surface area contributed by atoms with Crippen molar-refractivity contribution in [1.29, 1.82) is 0 Å². The van der Waals surface area contributed by atoms with Gasteiger partial charge < -0.3 is 10.4 Å². The van der Waals surface area contributed by atoms with Crippen LogP contribution in [0.25, 0.3) is 0 Å². The molecule has 0 spiro atoms. The first-order valence-corrected chi connectivity index (χ1v) is 5.03. The standard InChI is InChI=1S/C11H10F3NO2/c12-11(13,14)10(17)15-9-7-4-2-1-3-6(7)5-8(9)16/h1-4,8-9,16H,5H2,(H,15,17). The van der Waals surface area contributed by atoms with Gasteiger partial charge in [-0.2, -0.15) is 13.2 Å². The Morgan fingerprint density at radius 1 is 1.35 bits per heavy atom. The van der Waals surface area contributed by atoms with E-state index in [2.05, 4.69) is 0 Å². The van der Waals surface area contributed by atoms with Crippen LogP contribution in [0.4, 0.5) is 13.2 Å². The van der Waals surface area contributed by atoms with Gasteiger partial charge in [0.1, 0.15) is 0 Å². The summed E-state index contributed by atoms with van der Waals surface area (Å²) < 4.78 is 36.3. The minimum absolute atomic E-state index is 0.249. The second kappa shape index (κ2) is 4.03. The van der Waals surface area contributed by atoms with E-state index in [0.29, 0.717) is 5.56 Å². The molecule has 6 heteroatoms. The molecule has 0 bridgehead atoms. The third-order valence-corrected chi connectivity index (χ3v) is 2.75. The number of halogens is 3. The Morgan fingerprint density at radius 2 is 2.00 bits per heavy atom. The third kappa shape index (κ3) is 2.26. The van der Waals surface area contributed by atoms with Crippen LogP contribution in [0.5, 0.6) is 0 Å². The first-order valence-electron chi connectivity index (χ1n) is 5.03. The fourth-order valence-electron chi connectivity index (χ4n) is 1.97. The van der Waals surface area contributed by atoms with Crippen LogP contribution in [0, 0.1) is 0 Å². The topological polar surface area (TPSA) is 49.3 Å². The SMILES string of the molecule is O=C(NC1c2ccccc2CC1O)C(F)(F)F. The van der Waals surface area contributed by atoms with Crippen LogP contribution in [0.2, 0.25) is 0 Å². The summed E-state index contributed by atoms with van der Waals surface area (Å²) in [6.45, 7) is 0. The Kier molecular flexibility index (Phi) is 2.82. The van der Waals surface area contributed by atoms with Gasteiger partial charge in [-0.15, -0.1) is 0 Å². The molecule has 2 N–H and O–H groups in total. The highest BCUT2D eigenvalue weighted by atomic mass is 19.4. The molecule has 92 valence electrons. The van der Waals surface area contributed by atoms with Crippen molar-refractivity contribution in [2.24, 2.45) is 0 Å². The zero-order valence-corrected chi connectivity index (χ0v) is 8.66. The van der Waals surface area contributed by atoms with Crippen LogP contribution >= 0.6 is 0 Å².